The lowest BCUT2D eigenvalue weighted by Gasteiger charge is -2.19. The summed E-state index contributed by atoms with van der Waals surface area (Å²) in [6, 6.07) is 17.5. The standard InChI is InChI=1S/C25H20Cl2N2O3/c1-14-4-11-21(32-3)20(12-14)29-24(30)22(16-6-9-17(26)10-7-16)23(25(29)31)28-19-13-18(27)8-5-15(19)2/h4-13,28H,1-3H3. The monoisotopic (exact) mass is 466 g/mol. The van der Waals surface area contributed by atoms with E-state index in [0.717, 1.165) is 16.0 Å². The van der Waals surface area contributed by atoms with Crippen LogP contribution in [0.2, 0.25) is 10.0 Å². The van der Waals surface area contributed by atoms with Gasteiger partial charge in [-0.1, -0.05) is 47.5 Å². The molecule has 3 aromatic carbocycles. The van der Waals surface area contributed by atoms with E-state index in [0.29, 0.717) is 32.7 Å². The number of imide groups is 1. The maximum absolute atomic E-state index is 13.6. The molecule has 32 heavy (non-hydrogen) atoms. The number of hydrogen-bond acceptors (Lipinski definition) is 4. The Hall–Kier alpha value is -3.28. The van der Waals surface area contributed by atoms with E-state index in [-0.39, 0.29) is 11.3 Å². The van der Waals surface area contributed by atoms with Crippen molar-refractivity contribution < 1.29 is 14.3 Å². The van der Waals surface area contributed by atoms with Crippen molar-refractivity contribution in [1.82, 2.24) is 0 Å². The summed E-state index contributed by atoms with van der Waals surface area (Å²) in [5, 5.41) is 4.20. The predicted molar refractivity (Wildman–Crippen MR) is 128 cm³/mol. The molecule has 1 aliphatic rings. The van der Waals surface area contributed by atoms with E-state index in [2.05, 4.69) is 5.32 Å². The number of anilines is 2. The Kier molecular flexibility index (Phi) is 5.96. The lowest BCUT2D eigenvalue weighted by molar-refractivity contribution is -0.120. The number of carbonyl (C=O) groups is 2. The van der Waals surface area contributed by atoms with Gasteiger partial charge in [-0.2, -0.15) is 0 Å². The average molecular weight is 467 g/mol. The van der Waals surface area contributed by atoms with Gasteiger partial charge in [0.2, 0.25) is 0 Å². The number of halogens is 2. The van der Waals surface area contributed by atoms with Crippen LogP contribution in [0.4, 0.5) is 11.4 Å². The fraction of sp³-hybridized carbons (Fsp3) is 0.120. The highest BCUT2D eigenvalue weighted by Gasteiger charge is 2.41. The van der Waals surface area contributed by atoms with Crippen LogP contribution in [0.15, 0.2) is 66.4 Å². The van der Waals surface area contributed by atoms with Crippen LogP contribution in [0, 0.1) is 13.8 Å². The Bertz CT molecular complexity index is 1270. The van der Waals surface area contributed by atoms with E-state index in [1.807, 2.05) is 26.0 Å². The molecular formula is C25H20Cl2N2O3. The van der Waals surface area contributed by atoms with Crippen LogP contribution in [0.5, 0.6) is 5.75 Å². The van der Waals surface area contributed by atoms with Gasteiger partial charge in [0, 0.05) is 15.7 Å². The summed E-state index contributed by atoms with van der Waals surface area (Å²) in [5.74, 6) is -0.514. The molecule has 0 atom stereocenters. The molecular weight excluding hydrogens is 447 g/mol. The Morgan fingerprint density at radius 1 is 0.844 bits per heavy atom. The van der Waals surface area contributed by atoms with Gasteiger partial charge in [-0.15, -0.1) is 0 Å². The molecule has 1 aliphatic heterocycles. The van der Waals surface area contributed by atoms with Crippen LogP contribution in [-0.4, -0.2) is 18.9 Å². The number of aryl methyl sites for hydroxylation is 2. The van der Waals surface area contributed by atoms with Crippen LogP contribution < -0.4 is 15.0 Å². The summed E-state index contributed by atoms with van der Waals surface area (Å²) < 4.78 is 5.43. The third-order valence-electron chi connectivity index (χ3n) is 5.25. The van der Waals surface area contributed by atoms with Crippen LogP contribution in [-0.2, 0) is 9.59 Å². The van der Waals surface area contributed by atoms with Crippen molar-refractivity contribution in [2.24, 2.45) is 0 Å². The minimum Gasteiger partial charge on any atom is -0.495 e. The van der Waals surface area contributed by atoms with Crippen molar-refractivity contribution in [1.29, 1.82) is 0 Å². The molecule has 0 bridgehead atoms. The van der Waals surface area contributed by atoms with Crippen molar-refractivity contribution in [3.05, 3.63) is 93.1 Å². The number of nitrogens with one attached hydrogen (secondary N) is 1. The van der Waals surface area contributed by atoms with E-state index < -0.39 is 11.8 Å². The highest BCUT2D eigenvalue weighted by atomic mass is 35.5. The van der Waals surface area contributed by atoms with E-state index in [1.54, 1.807) is 48.5 Å². The maximum Gasteiger partial charge on any atom is 0.282 e. The Morgan fingerprint density at radius 2 is 1.53 bits per heavy atom. The molecule has 0 saturated heterocycles. The minimum absolute atomic E-state index is 0.159. The summed E-state index contributed by atoms with van der Waals surface area (Å²) in [6.07, 6.45) is 0. The van der Waals surface area contributed by atoms with E-state index in [1.165, 1.54) is 7.11 Å². The van der Waals surface area contributed by atoms with E-state index in [4.69, 9.17) is 27.9 Å². The van der Waals surface area contributed by atoms with Gasteiger partial charge in [0.25, 0.3) is 11.8 Å². The number of methoxy groups -OCH3 is 1. The quantitative estimate of drug-likeness (QED) is 0.467. The van der Waals surface area contributed by atoms with Gasteiger partial charge in [-0.3, -0.25) is 9.59 Å². The molecule has 0 unspecified atom stereocenters. The van der Waals surface area contributed by atoms with Crippen LogP contribution in [0.25, 0.3) is 5.57 Å². The smallest absolute Gasteiger partial charge is 0.282 e. The van der Waals surface area contributed by atoms with Gasteiger partial charge < -0.3 is 10.1 Å². The van der Waals surface area contributed by atoms with Gasteiger partial charge in [-0.25, -0.2) is 4.90 Å². The first-order valence-electron chi connectivity index (χ1n) is 9.87. The minimum atomic E-state index is -0.483. The zero-order valence-corrected chi connectivity index (χ0v) is 19.2. The lowest BCUT2D eigenvalue weighted by atomic mass is 10.0. The second-order valence-corrected chi connectivity index (χ2v) is 8.34. The predicted octanol–water partition coefficient (Wildman–Crippen LogP) is 6.02. The Labute approximate surface area is 196 Å². The molecule has 0 aromatic heterocycles. The SMILES string of the molecule is COc1ccc(C)cc1N1C(=O)C(Nc2cc(Cl)ccc2C)=C(c2ccc(Cl)cc2)C1=O. The molecule has 3 aromatic rings. The summed E-state index contributed by atoms with van der Waals surface area (Å²) in [7, 11) is 1.50. The third-order valence-corrected chi connectivity index (χ3v) is 5.74. The van der Waals surface area contributed by atoms with Crippen LogP contribution in [0.1, 0.15) is 16.7 Å². The van der Waals surface area contributed by atoms with Gasteiger partial charge in [-0.05, 0) is 66.9 Å². The molecule has 1 N–H and O–H groups in total. The van der Waals surface area contributed by atoms with Crippen molar-refractivity contribution in [3.8, 4) is 5.75 Å². The molecule has 2 amide bonds. The first-order valence-corrected chi connectivity index (χ1v) is 10.6. The Morgan fingerprint density at radius 3 is 2.22 bits per heavy atom. The number of hydrogen-bond donors (Lipinski definition) is 1. The summed E-state index contributed by atoms with van der Waals surface area (Å²) in [6.45, 7) is 3.78. The normalized spacial score (nSPS) is 13.7. The van der Waals surface area contributed by atoms with Gasteiger partial charge in [0.05, 0.1) is 18.4 Å². The molecule has 0 saturated carbocycles. The number of nitrogens with zero attached hydrogens (tertiary/aromatic N) is 1. The van der Waals surface area contributed by atoms with Gasteiger partial charge >= 0.3 is 0 Å². The number of rotatable bonds is 5. The lowest BCUT2D eigenvalue weighted by Crippen LogP contribution is -2.32. The van der Waals surface area contributed by atoms with E-state index in [9.17, 15) is 9.59 Å². The Balaban J connectivity index is 1.88. The van der Waals surface area contributed by atoms with Gasteiger partial charge in [0.15, 0.2) is 0 Å². The summed E-state index contributed by atoms with van der Waals surface area (Å²) >= 11 is 12.2. The molecule has 0 spiro atoms. The first-order chi connectivity index (χ1) is 15.3. The molecule has 162 valence electrons. The highest BCUT2D eigenvalue weighted by molar-refractivity contribution is 6.46. The summed E-state index contributed by atoms with van der Waals surface area (Å²) in [5.41, 5.74) is 3.77. The maximum atomic E-state index is 13.6. The van der Waals surface area contributed by atoms with Crippen LogP contribution in [0.3, 0.4) is 0 Å². The molecule has 7 heteroatoms. The first kappa shape index (κ1) is 21.9. The van der Waals surface area contributed by atoms with Crippen molar-refractivity contribution >= 4 is 52.0 Å². The highest BCUT2D eigenvalue weighted by Crippen LogP contribution is 2.39. The topological polar surface area (TPSA) is 58.6 Å². The third kappa shape index (κ3) is 3.97. The molecule has 5 nitrogen and oxygen atoms in total. The largest absolute Gasteiger partial charge is 0.495 e. The molecule has 1 heterocycles. The average Bonchev–Trinajstić information content (AvgIpc) is 3.00. The molecule has 0 radical (unpaired) electrons. The molecule has 0 fully saturated rings. The second-order valence-electron chi connectivity index (χ2n) is 7.46. The van der Waals surface area contributed by atoms with Crippen molar-refractivity contribution in [2.45, 2.75) is 13.8 Å². The number of ether oxygens (including phenoxy) is 1. The fourth-order valence-electron chi connectivity index (χ4n) is 3.59. The number of carbonyl (C=O) groups excluding carboxylic acids is 2. The van der Waals surface area contributed by atoms with Gasteiger partial charge in [0.1, 0.15) is 11.4 Å². The molecule has 4 rings (SSSR count). The zero-order valence-electron chi connectivity index (χ0n) is 17.7. The zero-order chi connectivity index (χ0) is 23.0. The van der Waals surface area contributed by atoms with Crippen molar-refractivity contribution in [3.63, 3.8) is 0 Å². The van der Waals surface area contributed by atoms with Crippen molar-refractivity contribution in [2.75, 3.05) is 17.3 Å². The van der Waals surface area contributed by atoms with E-state index >= 15 is 0 Å². The summed E-state index contributed by atoms with van der Waals surface area (Å²) in [4.78, 5) is 28.4. The number of benzene rings is 3. The molecule has 0 aliphatic carbocycles. The van der Waals surface area contributed by atoms with Crippen LogP contribution >= 0.6 is 23.2 Å². The second kappa shape index (κ2) is 8.69. The number of amides is 2. The fourth-order valence-corrected chi connectivity index (χ4v) is 3.89.